The zero-order valence-corrected chi connectivity index (χ0v) is 17.6. The van der Waals surface area contributed by atoms with Gasteiger partial charge in [0.2, 0.25) is 0 Å². The molecule has 1 aliphatic carbocycles. The predicted molar refractivity (Wildman–Crippen MR) is 110 cm³/mol. The van der Waals surface area contributed by atoms with Gasteiger partial charge in [0.05, 0.1) is 11.6 Å². The molecule has 0 aromatic heterocycles. The van der Waals surface area contributed by atoms with Crippen LogP contribution in [-0.4, -0.2) is 35.8 Å². The molecular weight excluding hydrogens is 381 g/mol. The molecule has 3 rings (SSSR count). The van der Waals surface area contributed by atoms with E-state index in [0.29, 0.717) is 22.8 Å². The lowest BCUT2D eigenvalue weighted by Gasteiger charge is -2.46. The van der Waals surface area contributed by atoms with Crippen LogP contribution in [-0.2, 0) is 15.0 Å². The molecule has 0 unspecified atom stereocenters. The quantitative estimate of drug-likeness (QED) is 0.720. The zero-order chi connectivity index (χ0) is 20.5. The lowest BCUT2D eigenvalue weighted by Crippen LogP contribution is -2.48. The molecule has 0 spiro atoms. The number of amides is 1. The number of nitrogens with two attached hydrogens (primary N) is 1. The van der Waals surface area contributed by atoms with Crippen molar-refractivity contribution < 1.29 is 18.7 Å². The summed E-state index contributed by atoms with van der Waals surface area (Å²) in [6, 6.07) is 4.58. The topological polar surface area (TPSA) is 85.9 Å². The van der Waals surface area contributed by atoms with Crippen LogP contribution in [0, 0.1) is 11.7 Å². The Bertz CT molecular complexity index is 780. The second kappa shape index (κ2) is 7.91. The van der Waals surface area contributed by atoms with Crippen molar-refractivity contribution in [2.24, 2.45) is 10.9 Å². The third-order valence-corrected chi connectivity index (χ3v) is 6.21. The van der Waals surface area contributed by atoms with Crippen LogP contribution in [0.2, 0.25) is 0 Å². The third kappa shape index (κ3) is 4.43. The van der Waals surface area contributed by atoms with E-state index in [4.69, 9.17) is 20.2 Å². The lowest BCUT2D eigenvalue weighted by molar-refractivity contribution is 0.0191. The van der Waals surface area contributed by atoms with Crippen LogP contribution < -0.4 is 11.1 Å². The van der Waals surface area contributed by atoms with Crippen molar-refractivity contribution in [2.75, 3.05) is 18.6 Å². The summed E-state index contributed by atoms with van der Waals surface area (Å²) in [5.41, 5.74) is 5.47. The van der Waals surface area contributed by atoms with Gasteiger partial charge < -0.3 is 15.2 Å². The van der Waals surface area contributed by atoms with Crippen molar-refractivity contribution in [2.45, 2.75) is 57.3 Å². The maximum Gasteiger partial charge on any atom is 0.413 e. The van der Waals surface area contributed by atoms with Crippen LogP contribution in [0.1, 0.15) is 45.6 Å². The molecule has 1 aliphatic heterocycles. The maximum atomic E-state index is 14.9. The van der Waals surface area contributed by atoms with Crippen LogP contribution in [0.5, 0.6) is 0 Å². The van der Waals surface area contributed by atoms with Gasteiger partial charge in [0.15, 0.2) is 5.17 Å². The van der Waals surface area contributed by atoms with Gasteiger partial charge in [0, 0.05) is 30.5 Å². The average molecular weight is 410 g/mol. The Hall–Kier alpha value is -1.80. The Morgan fingerprint density at radius 3 is 2.82 bits per heavy atom. The van der Waals surface area contributed by atoms with E-state index in [0.717, 1.165) is 18.6 Å². The van der Waals surface area contributed by atoms with Gasteiger partial charge in [-0.25, -0.2) is 9.18 Å². The number of nitrogens with one attached hydrogen (secondary N) is 1. The largest absolute Gasteiger partial charge is 0.444 e. The first-order valence-corrected chi connectivity index (χ1v) is 10.4. The van der Waals surface area contributed by atoms with E-state index < -0.39 is 17.2 Å². The van der Waals surface area contributed by atoms with E-state index in [1.54, 1.807) is 40.0 Å². The standard InChI is InChI=1S/C20H28FN3O3S/c1-19(2,3)27-18(25)23-17-24-20(15-9-13(22)6-8-16(15)21)10-14(26-4)7-5-12(20)11-28-17/h6,8-9,12,14H,5,7,10-11,22H2,1-4H3,(H,23,24,25)/t12-,14+,20-/m0/s1. The predicted octanol–water partition coefficient (Wildman–Crippen LogP) is 4.05. The number of amidine groups is 1. The number of hydrogen-bond donors (Lipinski definition) is 2. The van der Waals surface area contributed by atoms with Crippen molar-refractivity contribution in [3.8, 4) is 0 Å². The second-order valence-electron chi connectivity index (χ2n) is 8.35. The lowest BCUT2D eigenvalue weighted by atomic mass is 9.68. The minimum atomic E-state index is -0.825. The summed E-state index contributed by atoms with van der Waals surface area (Å²) in [5, 5.41) is 3.16. The first-order chi connectivity index (χ1) is 13.1. The Kier molecular flexibility index (Phi) is 5.91. The number of halogens is 1. The van der Waals surface area contributed by atoms with Crippen LogP contribution in [0.15, 0.2) is 23.2 Å². The summed E-state index contributed by atoms with van der Waals surface area (Å²) in [7, 11) is 1.66. The number of aliphatic imine (C=N–C) groups is 1. The normalized spacial score (nSPS) is 27.5. The highest BCUT2D eigenvalue weighted by Crippen LogP contribution is 2.50. The highest BCUT2D eigenvalue weighted by molar-refractivity contribution is 8.13. The molecule has 0 saturated heterocycles. The van der Waals surface area contributed by atoms with Gasteiger partial charge in [0.25, 0.3) is 0 Å². The number of nitrogen functional groups attached to an aromatic ring is 1. The summed E-state index contributed by atoms with van der Waals surface area (Å²) in [6.07, 6.45) is 1.70. The fourth-order valence-corrected chi connectivity index (χ4v) is 5.10. The van der Waals surface area contributed by atoms with E-state index in [1.807, 2.05) is 0 Å². The Morgan fingerprint density at radius 2 is 2.14 bits per heavy atom. The smallest absolute Gasteiger partial charge is 0.413 e. The van der Waals surface area contributed by atoms with Crippen molar-refractivity contribution in [3.63, 3.8) is 0 Å². The van der Waals surface area contributed by atoms with Crippen molar-refractivity contribution in [1.29, 1.82) is 0 Å². The molecule has 2 aliphatic rings. The number of benzene rings is 1. The fourth-order valence-electron chi connectivity index (χ4n) is 3.91. The Balaban J connectivity index is 2.00. The third-order valence-electron chi connectivity index (χ3n) is 5.17. The van der Waals surface area contributed by atoms with E-state index in [9.17, 15) is 9.18 Å². The highest BCUT2D eigenvalue weighted by Gasteiger charge is 2.49. The van der Waals surface area contributed by atoms with E-state index in [2.05, 4.69) is 5.32 Å². The summed E-state index contributed by atoms with van der Waals surface area (Å²) >= 11 is 1.46. The van der Waals surface area contributed by atoms with Gasteiger partial charge in [-0.15, -0.1) is 0 Å². The summed E-state index contributed by atoms with van der Waals surface area (Å²) in [4.78, 5) is 17.1. The maximum absolute atomic E-state index is 14.9. The van der Waals surface area contributed by atoms with E-state index >= 15 is 0 Å². The number of carbonyl (C=O) groups is 1. The minimum Gasteiger partial charge on any atom is -0.444 e. The highest BCUT2D eigenvalue weighted by atomic mass is 32.2. The molecule has 1 saturated carbocycles. The molecule has 3 N–H and O–H groups in total. The zero-order valence-electron chi connectivity index (χ0n) is 16.8. The number of alkyl carbamates (subject to hydrolysis) is 1. The number of hydrogen-bond acceptors (Lipinski definition) is 6. The minimum absolute atomic E-state index is 0.0355. The fraction of sp³-hybridized carbons (Fsp3) is 0.600. The number of nitrogens with zero attached hydrogens (tertiary/aromatic N) is 1. The van der Waals surface area contributed by atoms with Crippen LogP contribution in [0.3, 0.4) is 0 Å². The number of rotatable bonds is 2. The molecule has 1 aromatic carbocycles. The van der Waals surface area contributed by atoms with Gasteiger partial charge in [-0.3, -0.25) is 10.3 Å². The molecular formula is C20H28FN3O3S. The Morgan fingerprint density at radius 1 is 1.39 bits per heavy atom. The van der Waals surface area contributed by atoms with Gasteiger partial charge in [-0.1, -0.05) is 11.8 Å². The molecule has 28 heavy (non-hydrogen) atoms. The van der Waals surface area contributed by atoms with Gasteiger partial charge in [-0.2, -0.15) is 0 Å². The SMILES string of the molecule is CO[C@@H]1CC[C@H]2CSC(NC(=O)OC(C)(C)C)=N[C@@]2(c2cc(N)ccc2F)C1. The molecule has 1 amide bonds. The molecule has 0 radical (unpaired) electrons. The van der Waals surface area contributed by atoms with E-state index in [-0.39, 0.29) is 17.8 Å². The number of methoxy groups -OCH3 is 1. The van der Waals surface area contributed by atoms with Crippen LogP contribution in [0.4, 0.5) is 14.9 Å². The second-order valence-corrected chi connectivity index (χ2v) is 9.36. The van der Waals surface area contributed by atoms with Crippen molar-refractivity contribution in [3.05, 3.63) is 29.6 Å². The first-order valence-electron chi connectivity index (χ1n) is 9.44. The Labute approximate surface area is 169 Å². The summed E-state index contributed by atoms with van der Waals surface area (Å²) in [5.74, 6) is 0.506. The number of fused-ring (bicyclic) bond motifs is 1. The van der Waals surface area contributed by atoms with Crippen molar-refractivity contribution >= 4 is 28.7 Å². The number of thioether (sulfide) groups is 1. The molecule has 154 valence electrons. The van der Waals surface area contributed by atoms with Crippen molar-refractivity contribution in [1.82, 2.24) is 5.32 Å². The monoisotopic (exact) mass is 409 g/mol. The van der Waals surface area contributed by atoms with Crippen LogP contribution >= 0.6 is 11.8 Å². The summed E-state index contributed by atoms with van der Waals surface area (Å²) in [6.45, 7) is 5.39. The van der Waals surface area contributed by atoms with Gasteiger partial charge in [0.1, 0.15) is 11.4 Å². The molecule has 1 heterocycles. The average Bonchev–Trinajstić information content (AvgIpc) is 2.61. The molecule has 6 nitrogen and oxygen atoms in total. The number of anilines is 1. The van der Waals surface area contributed by atoms with Gasteiger partial charge in [-0.05, 0) is 57.7 Å². The summed E-state index contributed by atoms with van der Waals surface area (Å²) < 4.78 is 25.8. The molecule has 8 heteroatoms. The number of carbonyl (C=O) groups excluding carboxylic acids is 1. The van der Waals surface area contributed by atoms with Crippen LogP contribution in [0.25, 0.3) is 0 Å². The first kappa shape index (κ1) is 20.9. The van der Waals surface area contributed by atoms with Gasteiger partial charge >= 0.3 is 6.09 Å². The molecule has 3 atom stereocenters. The molecule has 1 fully saturated rings. The molecule has 0 bridgehead atoms. The molecule has 1 aromatic rings. The number of ether oxygens (including phenoxy) is 2. The van der Waals surface area contributed by atoms with E-state index in [1.165, 1.54) is 17.8 Å².